The summed E-state index contributed by atoms with van der Waals surface area (Å²) in [5.74, 6) is 0.737. The van der Waals surface area contributed by atoms with Gasteiger partial charge in [-0.3, -0.25) is 4.79 Å². The molecule has 2 atom stereocenters. The van der Waals surface area contributed by atoms with E-state index >= 15 is 0 Å². The van der Waals surface area contributed by atoms with Gasteiger partial charge >= 0.3 is 0 Å². The molecule has 4 rings (SSSR count). The smallest absolute Gasteiger partial charge is 0.269 e. The van der Waals surface area contributed by atoms with Crippen LogP contribution in [0.5, 0.6) is 0 Å². The van der Waals surface area contributed by atoms with Crippen molar-refractivity contribution in [2.24, 2.45) is 7.05 Å². The molecule has 0 amide bonds. The van der Waals surface area contributed by atoms with Gasteiger partial charge in [-0.2, -0.15) is 5.10 Å². The summed E-state index contributed by atoms with van der Waals surface area (Å²) in [6.45, 7) is 8.95. The lowest BCUT2D eigenvalue weighted by molar-refractivity contribution is 0.0989. The van der Waals surface area contributed by atoms with Gasteiger partial charge in [-0.25, -0.2) is 9.67 Å². The van der Waals surface area contributed by atoms with Crippen LogP contribution in [-0.2, 0) is 16.5 Å². The zero-order valence-electron chi connectivity index (χ0n) is 18.3. The quantitative estimate of drug-likeness (QED) is 0.642. The molecule has 0 saturated carbocycles. The summed E-state index contributed by atoms with van der Waals surface area (Å²) in [7, 11) is 3.37. The minimum Gasteiger partial charge on any atom is -0.383 e. The fourth-order valence-electron chi connectivity index (χ4n) is 4.18. The number of nitrogens with zero attached hydrogens (tertiary/aromatic N) is 5. The molecule has 2 unspecified atom stereocenters. The van der Waals surface area contributed by atoms with Gasteiger partial charge in [0.2, 0.25) is 0 Å². The molecule has 0 radical (unpaired) electrons. The number of anilines is 1. The zero-order valence-corrected chi connectivity index (χ0v) is 18.3. The van der Waals surface area contributed by atoms with Gasteiger partial charge in [0.15, 0.2) is 5.82 Å². The SMILES string of the molecule is COCC(C)n1c(-c2cc(C)c(=O)n(C)n2)nc2ccc(N3CCOCC3C)cc21. The topological polar surface area (TPSA) is 74.4 Å². The van der Waals surface area contributed by atoms with Crippen LogP contribution in [0, 0.1) is 6.92 Å². The summed E-state index contributed by atoms with van der Waals surface area (Å²) >= 11 is 0. The summed E-state index contributed by atoms with van der Waals surface area (Å²) < 4.78 is 14.6. The van der Waals surface area contributed by atoms with E-state index in [4.69, 9.17) is 14.5 Å². The zero-order chi connectivity index (χ0) is 21.4. The highest BCUT2D eigenvalue weighted by atomic mass is 16.5. The number of aromatic nitrogens is 4. The maximum absolute atomic E-state index is 12.1. The number of imidazole rings is 1. The molecular formula is C22H29N5O3. The summed E-state index contributed by atoms with van der Waals surface area (Å²) in [4.78, 5) is 19.4. The van der Waals surface area contributed by atoms with Crippen LogP contribution in [0.4, 0.5) is 5.69 Å². The summed E-state index contributed by atoms with van der Waals surface area (Å²) in [5.41, 5.74) is 4.29. The van der Waals surface area contributed by atoms with Crippen molar-refractivity contribution in [3.05, 3.63) is 40.2 Å². The van der Waals surface area contributed by atoms with E-state index in [1.54, 1.807) is 21.1 Å². The standard InChI is InChI=1S/C22H29N5O3/c1-14-10-19(24-25(4)22(14)28)21-23-18-7-6-17(26-8-9-30-13-15(26)2)11-20(18)27(21)16(3)12-29-5/h6-7,10-11,15-16H,8-9,12-13H2,1-5H3. The third-order valence-electron chi connectivity index (χ3n) is 5.69. The molecule has 1 aliphatic rings. The van der Waals surface area contributed by atoms with Crippen molar-refractivity contribution in [2.75, 3.05) is 38.4 Å². The fourth-order valence-corrected chi connectivity index (χ4v) is 4.18. The van der Waals surface area contributed by atoms with Crippen molar-refractivity contribution in [2.45, 2.75) is 32.9 Å². The number of rotatable bonds is 5. The predicted molar refractivity (Wildman–Crippen MR) is 117 cm³/mol. The molecule has 3 aromatic rings. The molecule has 1 aliphatic heterocycles. The molecular weight excluding hydrogens is 382 g/mol. The van der Waals surface area contributed by atoms with Crippen molar-refractivity contribution in [3.63, 3.8) is 0 Å². The van der Waals surface area contributed by atoms with E-state index in [0.29, 0.717) is 23.9 Å². The van der Waals surface area contributed by atoms with Gasteiger partial charge in [0, 0.05) is 38.0 Å². The number of morpholine rings is 1. The molecule has 8 nitrogen and oxygen atoms in total. The van der Waals surface area contributed by atoms with Gasteiger partial charge in [0.1, 0.15) is 5.69 Å². The lowest BCUT2D eigenvalue weighted by Crippen LogP contribution is -2.43. The Hall–Kier alpha value is -2.71. The Morgan fingerprint density at radius 1 is 1.33 bits per heavy atom. The van der Waals surface area contributed by atoms with Gasteiger partial charge in [-0.15, -0.1) is 0 Å². The Kier molecular flexibility index (Phi) is 5.62. The molecule has 0 N–H and O–H groups in total. The van der Waals surface area contributed by atoms with Crippen molar-refractivity contribution in [3.8, 4) is 11.5 Å². The number of ether oxygens (including phenoxy) is 2. The lowest BCUT2D eigenvalue weighted by Gasteiger charge is -2.35. The van der Waals surface area contributed by atoms with Crippen LogP contribution >= 0.6 is 0 Å². The molecule has 0 aliphatic carbocycles. The molecule has 3 heterocycles. The van der Waals surface area contributed by atoms with Crippen LogP contribution in [0.15, 0.2) is 29.1 Å². The Labute approximate surface area is 176 Å². The maximum atomic E-state index is 12.1. The normalized spacial score (nSPS) is 18.2. The average molecular weight is 412 g/mol. The molecule has 0 spiro atoms. The highest BCUT2D eigenvalue weighted by Gasteiger charge is 2.23. The number of aryl methyl sites for hydroxylation is 2. The van der Waals surface area contributed by atoms with E-state index < -0.39 is 0 Å². The number of fused-ring (bicyclic) bond motifs is 1. The maximum Gasteiger partial charge on any atom is 0.269 e. The number of benzene rings is 1. The van der Waals surface area contributed by atoms with Gasteiger partial charge in [-0.05, 0) is 45.0 Å². The van der Waals surface area contributed by atoms with E-state index in [0.717, 1.165) is 42.3 Å². The van der Waals surface area contributed by atoms with Gasteiger partial charge in [0.05, 0.1) is 36.9 Å². The van der Waals surface area contributed by atoms with Crippen LogP contribution in [0.25, 0.3) is 22.6 Å². The summed E-state index contributed by atoms with van der Waals surface area (Å²) in [6, 6.07) is 8.54. The Balaban J connectivity index is 1.90. The molecule has 1 fully saturated rings. The number of hydrogen-bond donors (Lipinski definition) is 0. The Morgan fingerprint density at radius 2 is 2.13 bits per heavy atom. The second-order valence-electron chi connectivity index (χ2n) is 8.04. The minimum atomic E-state index is -0.102. The van der Waals surface area contributed by atoms with E-state index in [1.165, 1.54) is 4.68 Å². The highest BCUT2D eigenvalue weighted by Crippen LogP contribution is 2.31. The first-order valence-electron chi connectivity index (χ1n) is 10.3. The van der Waals surface area contributed by atoms with Crippen LogP contribution < -0.4 is 10.5 Å². The largest absolute Gasteiger partial charge is 0.383 e. The Bertz CT molecular complexity index is 1090. The van der Waals surface area contributed by atoms with Crippen LogP contribution in [0.1, 0.15) is 25.5 Å². The third kappa shape index (κ3) is 3.61. The van der Waals surface area contributed by atoms with Crippen molar-refractivity contribution in [1.29, 1.82) is 0 Å². The lowest BCUT2D eigenvalue weighted by atomic mass is 10.2. The number of methoxy groups -OCH3 is 1. The third-order valence-corrected chi connectivity index (χ3v) is 5.69. The van der Waals surface area contributed by atoms with E-state index in [9.17, 15) is 4.79 Å². The molecule has 0 bridgehead atoms. The first-order chi connectivity index (χ1) is 14.4. The van der Waals surface area contributed by atoms with E-state index in [1.807, 2.05) is 6.07 Å². The molecule has 160 valence electrons. The molecule has 1 saturated heterocycles. The number of hydrogen-bond acceptors (Lipinski definition) is 6. The van der Waals surface area contributed by atoms with Crippen LogP contribution in [0.3, 0.4) is 0 Å². The molecule has 30 heavy (non-hydrogen) atoms. The van der Waals surface area contributed by atoms with Crippen molar-refractivity contribution < 1.29 is 9.47 Å². The van der Waals surface area contributed by atoms with Crippen molar-refractivity contribution in [1.82, 2.24) is 19.3 Å². The van der Waals surface area contributed by atoms with Gasteiger partial charge in [0.25, 0.3) is 5.56 Å². The van der Waals surface area contributed by atoms with Crippen LogP contribution in [-0.4, -0.2) is 58.8 Å². The molecule has 8 heteroatoms. The van der Waals surface area contributed by atoms with E-state index in [2.05, 4.69) is 46.6 Å². The fraction of sp³-hybridized carbons (Fsp3) is 0.500. The average Bonchev–Trinajstić information content (AvgIpc) is 3.11. The van der Waals surface area contributed by atoms with Gasteiger partial charge in [-0.1, -0.05) is 0 Å². The summed E-state index contributed by atoms with van der Waals surface area (Å²) in [5, 5.41) is 4.48. The highest BCUT2D eigenvalue weighted by molar-refractivity contribution is 5.84. The molecule has 2 aromatic heterocycles. The van der Waals surface area contributed by atoms with E-state index in [-0.39, 0.29) is 11.6 Å². The van der Waals surface area contributed by atoms with Crippen LogP contribution in [0.2, 0.25) is 0 Å². The monoisotopic (exact) mass is 411 g/mol. The second-order valence-corrected chi connectivity index (χ2v) is 8.04. The Morgan fingerprint density at radius 3 is 2.83 bits per heavy atom. The molecule has 1 aromatic carbocycles. The first-order valence-corrected chi connectivity index (χ1v) is 10.3. The first kappa shape index (κ1) is 20.6. The van der Waals surface area contributed by atoms with Gasteiger partial charge < -0.3 is 18.9 Å². The minimum absolute atomic E-state index is 0.0479. The van der Waals surface area contributed by atoms with Crippen molar-refractivity contribution >= 4 is 16.7 Å². The predicted octanol–water partition coefficient (Wildman–Crippen LogP) is 2.54. The summed E-state index contributed by atoms with van der Waals surface area (Å²) in [6.07, 6.45) is 0. The second kappa shape index (κ2) is 8.20.